The second-order valence-electron chi connectivity index (χ2n) is 5.32. The third-order valence-corrected chi connectivity index (χ3v) is 3.81. The number of nitrogens with one attached hydrogen (secondary N) is 2. The molecule has 1 amide bonds. The molecule has 2 aromatic rings. The molecule has 0 spiro atoms. The number of halogens is 3. The van der Waals surface area contributed by atoms with Crippen LogP contribution in [-0.2, 0) is 26.2 Å². The number of carbonyl (C=O) groups excluding carboxylic acids is 1. The Kier molecular flexibility index (Phi) is 3.85. The van der Waals surface area contributed by atoms with Crippen LogP contribution < -0.4 is 10.6 Å². The van der Waals surface area contributed by atoms with Crippen molar-refractivity contribution in [3.05, 3.63) is 46.8 Å². The van der Waals surface area contributed by atoms with Crippen molar-refractivity contribution in [3.8, 4) is 0 Å². The van der Waals surface area contributed by atoms with Gasteiger partial charge < -0.3 is 10.6 Å². The highest BCUT2D eigenvalue weighted by Crippen LogP contribution is 2.34. The van der Waals surface area contributed by atoms with Crippen molar-refractivity contribution in [3.63, 3.8) is 0 Å². The van der Waals surface area contributed by atoms with E-state index in [1.165, 1.54) is 18.2 Å². The fourth-order valence-electron chi connectivity index (χ4n) is 2.72. The number of benzene rings is 1. The van der Waals surface area contributed by atoms with E-state index < -0.39 is 17.6 Å². The van der Waals surface area contributed by atoms with Crippen molar-refractivity contribution in [1.29, 1.82) is 0 Å². The number of amides is 1. The van der Waals surface area contributed by atoms with Gasteiger partial charge in [-0.05, 0) is 12.1 Å². The third kappa shape index (κ3) is 2.94. The highest BCUT2D eigenvalue weighted by molar-refractivity contribution is 6.04. The van der Waals surface area contributed by atoms with Gasteiger partial charge in [0, 0.05) is 37.8 Å². The Bertz CT molecular complexity index is 752. The van der Waals surface area contributed by atoms with Gasteiger partial charge in [0.15, 0.2) is 5.69 Å². The van der Waals surface area contributed by atoms with E-state index in [0.717, 1.165) is 30.3 Å². The van der Waals surface area contributed by atoms with Crippen molar-refractivity contribution in [2.45, 2.75) is 19.1 Å². The summed E-state index contributed by atoms with van der Waals surface area (Å²) < 4.78 is 40.6. The van der Waals surface area contributed by atoms with Crippen LogP contribution in [0.5, 0.6) is 0 Å². The first-order valence-corrected chi connectivity index (χ1v) is 7.11. The largest absolute Gasteiger partial charge is 0.418 e. The van der Waals surface area contributed by atoms with Gasteiger partial charge in [0.2, 0.25) is 0 Å². The molecular weight excluding hydrogens is 309 g/mol. The quantitative estimate of drug-likeness (QED) is 0.891. The first-order chi connectivity index (χ1) is 10.9. The maximum absolute atomic E-state index is 13.0. The Balaban J connectivity index is 1.92. The lowest BCUT2D eigenvalue weighted by molar-refractivity contribution is -0.136. The predicted molar refractivity (Wildman–Crippen MR) is 78.0 cm³/mol. The number of hydrogen-bond donors (Lipinski definition) is 2. The number of rotatable bonds is 2. The summed E-state index contributed by atoms with van der Waals surface area (Å²) in [6, 6.07) is 4.89. The summed E-state index contributed by atoms with van der Waals surface area (Å²) in [4.78, 5) is 12.4. The number of carbonyl (C=O) groups is 1. The van der Waals surface area contributed by atoms with E-state index in [1.54, 1.807) is 11.7 Å². The second kappa shape index (κ2) is 5.69. The fourth-order valence-corrected chi connectivity index (χ4v) is 2.72. The maximum atomic E-state index is 13.0. The third-order valence-electron chi connectivity index (χ3n) is 3.81. The van der Waals surface area contributed by atoms with Crippen LogP contribution in [-0.4, -0.2) is 22.2 Å². The predicted octanol–water partition coefficient (Wildman–Crippen LogP) is 2.34. The van der Waals surface area contributed by atoms with Gasteiger partial charge >= 0.3 is 6.18 Å². The number of aromatic nitrogens is 2. The molecule has 23 heavy (non-hydrogen) atoms. The van der Waals surface area contributed by atoms with E-state index in [4.69, 9.17) is 0 Å². The van der Waals surface area contributed by atoms with E-state index in [0.29, 0.717) is 6.54 Å². The minimum absolute atomic E-state index is 0.159. The summed E-state index contributed by atoms with van der Waals surface area (Å²) in [6.07, 6.45) is -3.81. The molecule has 0 atom stereocenters. The SMILES string of the molecule is Cn1nc(C(=O)Nc2ccccc2C(F)(F)F)c2c1CCNC2. The molecule has 3 rings (SSSR count). The fraction of sp³-hybridized carbons (Fsp3) is 0.333. The van der Waals surface area contributed by atoms with Crippen LogP contribution in [0.3, 0.4) is 0 Å². The van der Waals surface area contributed by atoms with Gasteiger partial charge in [-0.3, -0.25) is 9.48 Å². The topological polar surface area (TPSA) is 59.0 Å². The summed E-state index contributed by atoms with van der Waals surface area (Å²) in [7, 11) is 1.73. The first-order valence-electron chi connectivity index (χ1n) is 7.11. The van der Waals surface area contributed by atoms with Gasteiger partial charge in [-0.1, -0.05) is 12.1 Å². The molecule has 1 aliphatic rings. The average Bonchev–Trinajstić information content (AvgIpc) is 2.85. The lowest BCUT2D eigenvalue weighted by Gasteiger charge is -2.15. The lowest BCUT2D eigenvalue weighted by atomic mass is 10.1. The molecule has 2 heterocycles. The van der Waals surface area contributed by atoms with Crippen molar-refractivity contribution < 1.29 is 18.0 Å². The molecule has 2 N–H and O–H groups in total. The number of anilines is 1. The Labute approximate surface area is 130 Å². The van der Waals surface area contributed by atoms with Gasteiger partial charge in [-0.25, -0.2) is 0 Å². The van der Waals surface area contributed by atoms with E-state index in [9.17, 15) is 18.0 Å². The molecule has 0 radical (unpaired) electrons. The van der Waals surface area contributed by atoms with Crippen molar-refractivity contribution in [2.24, 2.45) is 7.05 Å². The maximum Gasteiger partial charge on any atom is 0.418 e. The van der Waals surface area contributed by atoms with Gasteiger partial charge in [0.25, 0.3) is 5.91 Å². The Morgan fingerprint density at radius 1 is 1.35 bits per heavy atom. The number of nitrogens with zero attached hydrogens (tertiary/aromatic N) is 2. The van der Waals surface area contributed by atoms with Crippen LogP contribution in [0.25, 0.3) is 0 Å². The highest BCUT2D eigenvalue weighted by Gasteiger charge is 2.34. The van der Waals surface area contributed by atoms with Crippen LogP contribution in [0.15, 0.2) is 24.3 Å². The summed E-state index contributed by atoms with van der Waals surface area (Å²) >= 11 is 0. The molecule has 0 fully saturated rings. The number of aryl methyl sites for hydroxylation is 1. The van der Waals surface area contributed by atoms with E-state index >= 15 is 0 Å². The number of alkyl halides is 3. The van der Waals surface area contributed by atoms with Crippen LogP contribution >= 0.6 is 0 Å². The molecule has 0 saturated heterocycles. The molecule has 0 aliphatic carbocycles. The van der Waals surface area contributed by atoms with E-state index in [1.807, 2.05) is 0 Å². The smallest absolute Gasteiger partial charge is 0.320 e. The first kappa shape index (κ1) is 15.5. The summed E-state index contributed by atoms with van der Waals surface area (Å²) in [5, 5.41) is 9.63. The number of fused-ring (bicyclic) bond motifs is 1. The minimum Gasteiger partial charge on any atom is -0.320 e. The lowest BCUT2D eigenvalue weighted by Crippen LogP contribution is -2.26. The van der Waals surface area contributed by atoms with Gasteiger partial charge in [0.1, 0.15) is 0 Å². The zero-order valence-electron chi connectivity index (χ0n) is 12.4. The van der Waals surface area contributed by atoms with Gasteiger partial charge in [-0.15, -0.1) is 0 Å². The van der Waals surface area contributed by atoms with E-state index in [2.05, 4.69) is 15.7 Å². The Morgan fingerprint density at radius 3 is 2.83 bits per heavy atom. The van der Waals surface area contributed by atoms with Crippen LogP contribution in [0.1, 0.15) is 27.3 Å². The Morgan fingerprint density at radius 2 is 2.09 bits per heavy atom. The Hall–Kier alpha value is -2.35. The van der Waals surface area contributed by atoms with Crippen LogP contribution in [0.4, 0.5) is 18.9 Å². The zero-order chi connectivity index (χ0) is 16.6. The number of para-hydroxylation sites is 1. The molecule has 1 aromatic heterocycles. The highest BCUT2D eigenvalue weighted by atomic mass is 19.4. The van der Waals surface area contributed by atoms with Crippen molar-refractivity contribution in [2.75, 3.05) is 11.9 Å². The minimum atomic E-state index is -4.53. The average molecular weight is 324 g/mol. The van der Waals surface area contributed by atoms with Crippen LogP contribution in [0.2, 0.25) is 0 Å². The second-order valence-corrected chi connectivity index (χ2v) is 5.32. The summed E-state index contributed by atoms with van der Waals surface area (Å²) in [5.41, 5.74) is 0.676. The number of hydrogen-bond acceptors (Lipinski definition) is 3. The zero-order valence-corrected chi connectivity index (χ0v) is 12.4. The molecule has 0 bridgehead atoms. The molecule has 0 saturated carbocycles. The monoisotopic (exact) mass is 324 g/mol. The molecule has 5 nitrogen and oxygen atoms in total. The van der Waals surface area contributed by atoms with Crippen LogP contribution in [0, 0.1) is 0 Å². The van der Waals surface area contributed by atoms with Crippen molar-refractivity contribution in [1.82, 2.24) is 15.1 Å². The normalized spacial score (nSPS) is 14.4. The molecule has 1 aliphatic heterocycles. The molecule has 122 valence electrons. The van der Waals surface area contributed by atoms with Gasteiger partial charge in [0.05, 0.1) is 11.3 Å². The molecule has 1 aromatic carbocycles. The summed E-state index contributed by atoms with van der Waals surface area (Å²) in [6.45, 7) is 1.26. The molecule has 8 heteroatoms. The van der Waals surface area contributed by atoms with Crippen molar-refractivity contribution >= 4 is 11.6 Å². The molecular formula is C15H15F3N4O. The van der Waals surface area contributed by atoms with E-state index in [-0.39, 0.29) is 11.4 Å². The summed E-state index contributed by atoms with van der Waals surface area (Å²) in [5.74, 6) is -0.637. The molecule has 0 unspecified atom stereocenters. The van der Waals surface area contributed by atoms with Gasteiger partial charge in [-0.2, -0.15) is 18.3 Å². The standard InChI is InChI=1S/C15H15F3N4O/c1-22-12-6-7-19-8-9(12)13(21-22)14(23)20-11-5-3-2-4-10(11)15(16,17)18/h2-5,19H,6-8H2,1H3,(H,20,23).